The largest absolute Gasteiger partial charge is 0.449 e. The van der Waals surface area contributed by atoms with E-state index >= 15 is 0 Å². The summed E-state index contributed by atoms with van der Waals surface area (Å²) in [5.74, 6) is 2.94. The van der Waals surface area contributed by atoms with Crippen molar-refractivity contribution in [2.75, 3.05) is 11.4 Å². The van der Waals surface area contributed by atoms with Crippen molar-refractivity contribution in [2.24, 2.45) is 0 Å². The summed E-state index contributed by atoms with van der Waals surface area (Å²) < 4.78 is 13.6. The number of nitrogens with zero attached hydrogens (tertiary/aromatic N) is 1. The lowest BCUT2D eigenvalue weighted by Crippen LogP contribution is -2.26. The molecule has 0 N–H and O–H groups in total. The first kappa shape index (κ1) is 25.5. The minimum absolute atomic E-state index is 0.433. The van der Waals surface area contributed by atoms with Gasteiger partial charge in [0.2, 0.25) is 0 Å². The lowest BCUT2D eigenvalue weighted by Gasteiger charge is -2.32. The van der Waals surface area contributed by atoms with E-state index in [0.29, 0.717) is 0 Å². The fraction of sp³-hybridized carbons (Fsp3) is 0.0698. The Kier molecular flexibility index (Phi) is 5.19. The molecule has 0 bridgehead atoms. The standard InChI is InChI=1S/C43H29NO2/c1-2-44(29-23-22-27-12-3-4-13-28(27)24-29)38-20-11-21-39-42(38)46-41-26-37-33(25-40(41)45-39)32-16-7-10-19-36(32)43(37)34-17-8-5-14-30(34)31-15-6-9-18-35(31)43/h3-26H,2H2,1H3. The van der Waals surface area contributed by atoms with Crippen molar-refractivity contribution in [1.82, 2.24) is 0 Å². The van der Waals surface area contributed by atoms with E-state index in [9.17, 15) is 0 Å². The van der Waals surface area contributed by atoms with Gasteiger partial charge in [-0.25, -0.2) is 0 Å². The summed E-state index contributed by atoms with van der Waals surface area (Å²) >= 11 is 0. The molecule has 0 saturated carbocycles. The molecular formula is C43H29NO2. The Labute approximate surface area is 267 Å². The fourth-order valence-electron chi connectivity index (χ4n) is 8.22. The number of anilines is 2. The first-order chi connectivity index (χ1) is 22.8. The highest BCUT2D eigenvalue weighted by atomic mass is 16.6. The van der Waals surface area contributed by atoms with Gasteiger partial charge in [0.25, 0.3) is 0 Å². The molecule has 1 heterocycles. The van der Waals surface area contributed by atoms with Crippen molar-refractivity contribution in [3.05, 3.63) is 168 Å². The first-order valence-electron chi connectivity index (χ1n) is 16.0. The Hall–Kier alpha value is -5.80. The molecule has 1 aliphatic heterocycles. The molecule has 2 aliphatic carbocycles. The molecule has 0 atom stereocenters. The molecule has 3 heteroatoms. The molecule has 1 spiro atoms. The fourth-order valence-corrected chi connectivity index (χ4v) is 8.22. The van der Waals surface area contributed by atoms with Gasteiger partial charge in [-0.15, -0.1) is 0 Å². The summed E-state index contributed by atoms with van der Waals surface area (Å²) in [5, 5.41) is 2.44. The van der Waals surface area contributed by atoms with E-state index in [-0.39, 0.29) is 0 Å². The highest BCUT2D eigenvalue weighted by Crippen LogP contribution is 2.65. The van der Waals surface area contributed by atoms with Gasteiger partial charge in [-0.1, -0.05) is 109 Å². The lowest BCUT2D eigenvalue weighted by molar-refractivity contribution is 0.360. The van der Waals surface area contributed by atoms with Gasteiger partial charge in [0.05, 0.1) is 11.1 Å². The molecule has 7 aromatic rings. The number of rotatable bonds is 3. The monoisotopic (exact) mass is 591 g/mol. The molecule has 10 rings (SSSR count). The average molecular weight is 592 g/mol. The van der Waals surface area contributed by atoms with Gasteiger partial charge >= 0.3 is 0 Å². The smallest absolute Gasteiger partial charge is 0.193 e. The normalized spacial score (nSPS) is 13.9. The van der Waals surface area contributed by atoms with E-state index in [4.69, 9.17) is 9.47 Å². The van der Waals surface area contributed by atoms with Gasteiger partial charge in [-0.3, -0.25) is 0 Å². The second-order valence-electron chi connectivity index (χ2n) is 12.3. The summed E-state index contributed by atoms with van der Waals surface area (Å²) in [6.45, 7) is 2.95. The van der Waals surface area contributed by atoms with Crippen molar-refractivity contribution in [1.29, 1.82) is 0 Å². The van der Waals surface area contributed by atoms with Crippen molar-refractivity contribution < 1.29 is 9.47 Å². The highest BCUT2D eigenvalue weighted by Gasteiger charge is 2.52. The molecule has 0 unspecified atom stereocenters. The SMILES string of the molecule is CCN(c1ccc2ccccc2c1)c1cccc2c1Oc1cc3c(cc1O2)-c1ccccc1C31c2ccccc2-c2ccccc21. The van der Waals surface area contributed by atoms with Gasteiger partial charge < -0.3 is 14.4 Å². The molecule has 0 amide bonds. The highest BCUT2D eigenvalue weighted by molar-refractivity contribution is 5.96. The van der Waals surface area contributed by atoms with Crippen LogP contribution in [0.2, 0.25) is 0 Å². The van der Waals surface area contributed by atoms with Crippen LogP contribution in [0.4, 0.5) is 11.4 Å². The Morgan fingerprint density at radius 2 is 1.09 bits per heavy atom. The molecule has 0 radical (unpaired) electrons. The van der Waals surface area contributed by atoms with Crippen LogP contribution in [0, 0.1) is 0 Å². The number of hydrogen-bond acceptors (Lipinski definition) is 3. The third-order valence-electron chi connectivity index (χ3n) is 10.1. The number of para-hydroxylation sites is 1. The van der Waals surface area contributed by atoms with Crippen LogP contribution in [0.1, 0.15) is 29.2 Å². The molecule has 46 heavy (non-hydrogen) atoms. The summed E-state index contributed by atoms with van der Waals surface area (Å²) in [6.07, 6.45) is 0. The number of hydrogen-bond donors (Lipinski definition) is 0. The van der Waals surface area contributed by atoms with Crippen LogP contribution in [0.15, 0.2) is 146 Å². The Morgan fingerprint density at radius 1 is 0.478 bits per heavy atom. The van der Waals surface area contributed by atoms with Crippen LogP contribution < -0.4 is 14.4 Å². The number of ether oxygens (including phenoxy) is 2. The zero-order chi connectivity index (χ0) is 30.4. The van der Waals surface area contributed by atoms with Crippen LogP contribution >= 0.6 is 0 Å². The lowest BCUT2D eigenvalue weighted by atomic mass is 9.70. The van der Waals surface area contributed by atoms with Gasteiger partial charge in [0.15, 0.2) is 23.0 Å². The van der Waals surface area contributed by atoms with Crippen LogP contribution in [0.5, 0.6) is 23.0 Å². The molecule has 7 aromatic carbocycles. The maximum atomic E-state index is 6.94. The van der Waals surface area contributed by atoms with E-state index in [1.165, 1.54) is 55.3 Å². The molecule has 3 nitrogen and oxygen atoms in total. The maximum absolute atomic E-state index is 6.94. The molecule has 0 aromatic heterocycles. The number of benzene rings is 7. The topological polar surface area (TPSA) is 21.7 Å². The molecule has 3 aliphatic rings. The second kappa shape index (κ2) is 9.35. The van der Waals surface area contributed by atoms with Gasteiger partial charge in [0, 0.05) is 12.2 Å². The van der Waals surface area contributed by atoms with Crippen molar-refractivity contribution in [3.8, 4) is 45.3 Å². The Morgan fingerprint density at radius 3 is 1.78 bits per heavy atom. The minimum Gasteiger partial charge on any atom is -0.449 e. The summed E-state index contributed by atoms with van der Waals surface area (Å²) in [6, 6.07) is 52.3. The molecule has 0 fully saturated rings. The van der Waals surface area contributed by atoms with Crippen LogP contribution in [0.3, 0.4) is 0 Å². The third-order valence-corrected chi connectivity index (χ3v) is 10.1. The predicted molar refractivity (Wildman–Crippen MR) is 186 cm³/mol. The third kappa shape index (κ3) is 3.27. The zero-order valence-electron chi connectivity index (χ0n) is 25.3. The van der Waals surface area contributed by atoms with Crippen molar-refractivity contribution >= 4 is 22.1 Å². The molecule has 0 saturated heterocycles. The van der Waals surface area contributed by atoms with E-state index < -0.39 is 5.41 Å². The van der Waals surface area contributed by atoms with Gasteiger partial charge in [-0.05, 0) is 98.6 Å². The van der Waals surface area contributed by atoms with Gasteiger partial charge in [0.1, 0.15) is 0 Å². The zero-order valence-corrected chi connectivity index (χ0v) is 25.3. The molecule has 218 valence electrons. The van der Waals surface area contributed by atoms with Crippen molar-refractivity contribution in [2.45, 2.75) is 12.3 Å². The van der Waals surface area contributed by atoms with Gasteiger partial charge in [-0.2, -0.15) is 0 Å². The Balaban J connectivity index is 1.16. The Bertz CT molecular complexity index is 2340. The van der Waals surface area contributed by atoms with Crippen molar-refractivity contribution in [3.63, 3.8) is 0 Å². The predicted octanol–water partition coefficient (Wildman–Crippen LogP) is 11.2. The second-order valence-corrected chi connectivity index (χ2v) is 12.3. The minimum atomic E-state index is -0.433. The quantitative estimate of drug-likeness (QED) is 0.204. The number of fused-ring (bicyclic) bond motifs is 13. The van der Waals surface area contributed by atoms with Crippen LogP contribution in [-0.2, 0) is 5.41 Å². The first-order valence-corrected chi connectivity index (χ1v) is 16.0. The summed E-state index contributed by atoms with van der Waals surface area (Å²) in [4.78, 5) is 2.30. The maximum Gasteiger partial charge on any atom is 0.193 e. The molecular weight excluding hydrogens is 562 g/mol. The van der Waals surface area contributed by atoms with E-state index in [1.54, 1.807) is 0 Å². The summed E-state index contributed by atoms with van der Waals surface area (Å²) in [7, 11) is 0. The summed E-state index contributed by atoms with van der Waals surface area (Å²) in [5.41, 5.74) is 11.8. The van der Waals surface area contributed by atoms with E-state index in [0.717, 1.165) is 40.9 Å². The van der Waals surface area contributed by atoms with Crippen LogP contribution in [-0.4, -0.2) is 6.54 Å². The van der Waals surface area contributed by atoms with E-state index in [2.05, 4.69) is 151 Å². The van der Waals surface area contributed by atoms with Crippen LogP contribution in [0.25, 0.3) is 33.0 Å². The van der Waals surface area contributed by atoms with E-state index in [1.807, 2.05) is 6.07 Å². The average Bonchev–Trinajstić information content (AvgIpc) is 3.57.